The van der Waals surface area contributed by atoms with E-state index in [-0.39, 0.29) is 22.9 Å². The fourth-order valence-electron chi connectivity index (χ4n) is 1.47. The van der Waals surface area contributed by atoms with Gasteiger partial charge in [0.2, 0.25) is 0 Å². The second-order valence-electron chi connectivity index (χ2n) is 3.85. The van der Waals surface area contributed by atoms with E-state index in [1.54, 1.807) is 0 Å². The van der Waals surface area contributed by atoms with Crippen molar-refractivity contribution in [2.45, 2.75) is 24.2 Å². The number of sulfone groups is 1. The Morgan fingerprint density at radius 2 is 1.72 bits per heavy atom. The number of nitro benzene ring substituents is 1. The molecule has 0 spiro atoms. The summed E-state index contributed by atoms with van der Waals surface area (Å²) in [6.45, 7) is 0.0532. The molecular weight excluding hydrogens is 258 g/mol. The van der Waals surface area contributed by atoms with E-state index in [1.807, 2.05) is 0 Å². The van der Waals surface area contributed by atoms with Gasteiger partial charge >= 0.3 is 0 Å². The molecule has 0 heterocycles. The molecule has 1 rings (SSSR count). The molecule has 0 aliphatic heterocycles. The van der Waals surface area contributed by atoms with Gasteiger partial charge < -0.3 is 5.11 Å². The van der Waals surface area contributed by atoms with Crippen LogP contribution in [0.4, 0.5) is 5.69 Å². The number of rotatable bonds is 7. The second-order valence-corrected chi connectivity index (χ2v) is 5.96. The van der Waals surface area contributed by atoms with Crippen molar-refractivity contribution in [3.05, 3.63) is 34.4 Å². The summed E-state index contributed by atoms with van der Waals surface area (Å²) < 4.78 is 23.7. The summed E-state index contributed by atoms with van der Waals surface area (Å²) in [6.07, 6.45) is 1.69. The highest BCUT2D eigenvalue weighted by Gasteiger charge is 2.15. The number of non-ortho nitro benzene ring substituents is 1. The maximum absolute atomic E-state index is 11.8. The molecule has 1 aromatic carbocycles. The average Bonchev–Trinajstić information content (AvgIpc) is 2.35. The number of hydrogen-bond acceptors (Lipinski definition) is 5. The normalized spacial score (nSPS) is 11.4. The molecule has 6 nitrogen and oxygen atoms in total. The van der Waals surface area contributed by atoms with Gasteiger partial charge in [-0.1, -0.05) is 6.42 Å². The molecule has 0 atom stereocenters. The first-order valence-electron chi connectivity index (χ1n) is 5.55. The van der Waals surface area contributed by atoms with Crippen molar-refractivity contribution in [1.29, 1.82) is 0 Å². The molecule has 0 aromatic heterocycles. The third-order valence-corrected chi connectivity index (χ3v) is 4.29. The van der Waals surface area contributed by atoms with E-state index in [1.165, 1.54) is 24.3 Å². The topological polar surface area (TPSA) is 97.5 Å². The van der Waals surface area contributed by atoms with Crippen LogP contribution in [-0.4, -0.2) is 30.8 Å². The van der Waals surface area contributed by atoms with Gasteiger partial charge in [-0.25, -0.2) is 8.42 Å². The number of hydrogen-bond donors (Lipinski definition) is 1. The number of nitro groups is 1. The molecule has 18 heavy (non-hydrogen) atoms. The monoisotopic (exact) mass is 273 g/mol. The van der Waals surface area contributed by atoms with Crippen molar-refractivity contribution in [3.63, 3.8) is 0 Å². The van der Waals surface area contributed by atoms with Crippen molar-refractivity contribution in [2.75, 3.05) is 12.4 Å². The maximum Gasteiger partial charge on any atom is 0.269 e. The molecule has 0 unspecified atom stereocenters. The summed E-state index contributed by atoms with van der Waals surface area (Å²) in [5, 5.41) is 19.0. The van der Waals surface area contributed by atoms with E-state index in [2.05, 4.69) is 0 Å². The van der Waals surface area contributed by atoms with E-state index < -0.39 is 14.8 Å². The minimum atomic E-state index is -3.39. The largest absolute Gasteiger partial charge is 0.396 e. The van der Waals surface area contributed by atoms with Gasteiger partial charge in [-0.2, -0.15) is 0 Å². The Bertz CT molecular complexity index is 495. The molecule has 0 aliphatic carbocycles. The molecule has 0 radical (unpaired) electrons. The lowest BCUT2D eigenvalue weighted by Gasteiger charge is -2.03. The zero-order valence-corrected chi connectivity index (χ0v) is 10.6. The summed E-state index contributed by atoms with van der Waals surface area (Å²) in [7, 11) is -3.39. The SMILES string of the molecule is O=[N+]([O-])c1ccc(S(=O)(=O)CCCCCO)cc1. The summed E-state index contributed by atoms with van der Waals surface area (Å²) in [6, 6.07) is 4.86. The molecule has 0 amide bonds. The molecule has 7 heteroatoms. The van der Waals surface area contributed by atoms with Crippen LogP contribution in [0.15, 0.2) is 29.2 Å². The highest BCUT2D eigenvalue weighted by atomic mass is 32.2. The zero-order valence-electron chi connectivity index (χ0n) is 9.78. The van der Waals surface area contributed by atoms with Gasteiger partial charge in [0.15, 0.2) is 9.84 Å². The lowest BCUT2D eigenvalue weighted by atomic mass is 10.3. The molecule has 1 aromatic rings. The Kier molecular flexibility index (Phi) is 5.24. The van der Waals surface area contributed by atoms with Crippen LogP contribution >= 0.6 is 0 Å². The number of nitrogens with zero attached hydrogens (tertiary/aromatic N) is 1. The van der Waals surface area contributed by atoms with Crippen LogP contribution < -0.4 is 0 Å². The molecule has 100 valence electrons. The van der Waals surface area contributed by atoms with Gasteiger partial charge in [0.1, 0.15) is 0 Å². The van der Waals surface area contributed by atoms with E-state index in [0.717, 1.165) is 0 Å². The summed E-state index contributed by atoms with van der Waals surface area (Å²) in [4.78, 5) is 9.96. The second kappa shape index (κ2) is 6.46. The van der Waals surface area contributed by atoms with E-state index >= 15 is 0 Å². The lowest BCUT2D eigenvalue weighted by Crippen LogP contribution is -2.07. The van der Waals surface area contributed by atoms with E-state index in [4.69, 9.17) is 5.11 Å². The molecule has 0 saturated carbocycles. The highest BCUT2D eigenvalue weighted by Crippen LogP contribution is 2.17. The first kappa shape index (κ1) is 14.6. The van der Waals surface area contributed by atoms with Crippen LogP contribution in [-0.2, 0) is 9.84 Å². The Labute approximate surface area is 105 Å². The van der Waals surface area contributed by atoms with Crippen molar-refractivity contribution < 1.29 is 18.4 Å². The van der Waals surface area contributed by atoms with E-state index in [9.17, 15) is 18.5 Å². The van der Waals surface area contributed by atoms with Gasteiger partial charge in [0, 0.05) is 18.7 Å². The Morgan fingerprint density at radius 3 is 2.22 bits per heavy atom. The highest BCUT2D eigenvalue weighted by molar-refractivity contribution is 7.91. The zero-order chi connectivity index (χ0) is 13.6. The maximum atomic E-state index is 11.8. The van der Waals surface area contributed by atoms with Crippen LogP contribution in [0.25, 0.3) is 0 Å². The summed E-state index contributed by atoms with van der Waals surface area (Å²) in [5.74, 6) is -0.00912. The Hall–Kier alpha value is -1.47. The van der Waals surface area contributed by atoms with Crippen LogP contribution in [0.5, 0.6) is 0 Å². The van der Waals surface area contributed by atoms with E-state index in [0.29, 0.717) is 19.3 Å². The third-order valence-electron chi connectivity index (χ3n) is 2.48. The first-order valence-corrected chi connectivity index (χ1v) is 7.20. The van der Waals surface area contributed by atoms with Gasteiger partial charge in [0.05, 0.1) is 15.6 Å². The molecule has 0 aliphatic rings. The predicted octanol–water partition coefficient (Wildman–Crippen LogP) is 1.53. The van der Waals surface area contributed by atoms with Crippen LogP contribution in [0.3, 0.4) is 0 Å². The smallest absolute Gasteiger partial charge is 0.269 e. The van der Waals surface area contributed by atoms with Gasteiger partial charge in [0.25, 0.3) is 5.69 Å². The summed E-state index contributed by atoms with van der Waals surface area (Å²) in [5.41, 5.74) is -0.130. The number of benzene rings is 1. The number of aliphatic hydroxyl groups excluding tert-OH is 1. The van der Waals surface area contributed by atoms with Crippen molar-refractivity contribution in [3.8, 4) is 0 Å². The number of unbranched alkanes of at least 4 members (excludes halogenated alkanes) is 2. The third kappa shape index (κ3) is 4.08. The molecular formula is C11H15NO5S. The molecule has 0 bridgehead atoms. The lowest BCUT2D eigenvalue weighted by molar-refractivity contribution is -0.384. The minimum absolute atomic E-state index is 0.00912. The first-order chi connectivity index (χ1) is 8.47. The van der Waals surface area contributed by atoms with Gasteiger partial charge in [-0.3, -0.25) is 10.1 Å². The van der Waals surface area contributed by atoms with Gasteiger partial charge in [-0.15, -0.1) is 0 Å². The fraction of sp³-hybridized carbons (Fsp3) is 0.455. The van der Waals surface area contributed by atoms with Crippen LogP contribution in [0.1, 0.15) is 19.3 Å². The molecule has 0 saturated heterocycles. The minimum Gasteiger partial charge on any atom is -0.396 e. The van der Waals surface area contributed by atoms with Gasteiger partial charge in [-0.05, 0) is 25.0 Å². The molecule has 1 N–H and O–H groups in total. The summed E-state index contributed by atoms with van der Waals surface area (Å²) >= 11 is 0. The van der Waals surface area contributed by atoms with Crippen molar-refractivity contribution in [1.82, 2.24) is 0 Å². The fourth-order valence-corrected chi connectivity index (χ4v) is 2.84. The Balaban J connectivity index is 2.70. The van der Waals surface area contributed by atoms with Crippen LogP contribution in [0.2, 0.25) is 0 Å². The number of aliphatic hydroxyl groups is 1. The molecule has 0 fully saturated rings. The predicted molar refractivity (Wildman–Crippen MR) is 66.1 cm³/mol. The quantitative estimate of drug-likeness (QED) is 0.461. The Morgan fingerprint density at radius 1 is 1.11 bits per heavy atom. The van der Waals surface area contributed by atoms with Crippen molar-refractivity contribution >= 4 is 15.5 Å². The average molecular weight is 273 g/mol. The standard InChI is InChI=1S/C11H15NO5S/c13-8-2-1-3-9-18(16,17)11-6-4-10(5-7-11)12(14)15/h4-7,13H,1-3,8-9H2. The van der Waals surface area contributed by atoms with Crippen LogP contribution in [0, 0.1) is 10.1 Å². The van der Waals surface area contributed by atoms with Crippen molar-refractivity contribution in [2.24, 2.45) is 0 Å².